The number of nitrogens with one attached hydrogen (secondary N) is 1. The van der Waals surface area contributed by atoms with Gasteiger partial charge in [0.1, 0.15) is 10.3 Å². The van der Waals surface area contributed by atoms with E-state index in [1.54, 1.807) is 17.5 Å². The molecule has 0 spiro atoms. The van der Waals surface area contributed by atoms with E-state index in [1.165, 1.54) is 35.0 Å². The number of hydrogen-bond acceptors (Lipinski definition) is 6. The van der Waals surface area contributed by atoms with Crippen molar-refractivity contribution in [3.63, 3.8) is 0 Å². The number of carbonyl (C=O) groups is 1. The Labute approximate surface area is 194 Å². The number of carbonyl (C=O) groups excluding carboxylic acids is 1. The van der Waals surface area contributed by atoms with Gasteiger partial charge >= 0.3 is 0 Å². The maximum absolute atomic E-state index is 13.0. The Bertz CT molecular complexity index is 1040. The van der Waals surface area contributed by atoms with Crippen LogP contribution < -0.4 is 10.2 Å². The molecule has 172 valence electrons. The lowest BCUT2D eigenvalue weighted by Crippen LogP contribution is -2.47. The molecule has 7 nitrogen and oxygen atoms in total. The third-order valence-electron chi connectivity index (χ3n) is 6.63. The van der Waals surface area contributed by atoms with Gasteiger partial charge in [-0.2, -0.15) is 4.31 Å². The summed E-state index contributed by atoms with van der Waals surface area (Å²) in [5.74, 6) is 0.660. The predicted molar refractivity (Wildman–Crippen MR) is 128 cm³/mol. The van der Waals surface area contributed by atoms with Crippen LogP contribution in [0.1, 0.15) is 25.7 Å². The molecule has 32 heavy (non-hydrogen) atoms. The van der Waals surface area contributed by atoms with Crippen LogP contribution in [-0.4, -0.2) is 68.8 Å². The molecule has 3 heterocycles. The molecule has 1 aromatic carbocycles. The zero-order valence-electron chi connectivity index (χ0n) is 18.2. The summed E-state index contributed by atoms with van der Waals surface area (Å²) >= 11 is 1.19. The third-order valence-corrected chi connectivity index (χ3v) is 9.91. The quantitative estimate of drug-likeness (QED) is 0.668. The number of amides is 1. The van der Waals surface area contributed by atoms with E-state index >= 15 is 0 Å². The van der Waals surface area contributed by atoms with Gasteiger partial charge in [0, 0.05) is 50.6 Å². The summed E-state index contributed by atoms with van der Waals surface area (Å²) in [7, 11) is -3.64. The minimum Gasteiger partial charge on any atom is -0.369 e. The molecule has 9 heteroatoms. The van der Waals surface area contributed by atoms with Crippen molar-refractivity contribution in [1.29, 1.82) is 0 Å². The summed E-state index contributed by atoms with van der Waals surface area (Å²) in [5, 5.41) is 4.72. The molecular weight excluding hydrogens is 444 g/mol. The van der Waals surface area contributed by atoms with E-state index in [9.17, 15) is 13.2 Å². The fourth-order valence-electron chi connectivity index (χ4n) is 4.68. The van der Waals surface area contributed by atoms with E-state index < -0.39 is 16.1 Å². The number of rotatable bonds is 7. The molecule has 1 amide bonds. The van der Waals surface area contributed by atoms with Gasteiger partial charge in [-0.15, -0.1) is 11.3 Å². The minimum absolute atomic E-state index is 0.256. The maximum Gasteiger partial charge on any atom is 0.253 e. The highest BCUT2D eigenvalue weighted by Gasteiger charge is 2.40. The van der Waals surface area contributed by atoms with Gasteiger partial charge < -0.3 is 10.2 Å². The smallest absolute Gasteiger partial charge is 0.253 e. The van der Waals surface area contributed by atoms with Gasteiger partial charge in [-0.25, -0.2) is 8.42 Å². The molecular formula is C23H30N4O3S2. The average Bonchev–Trinajstić information content (AvgIpc) is 3.24. The predicted octanol–water partition coefficient (Wildman–Crippen LogP) is 3.07. The fraction of sp³-hybridized carbons (Fsp3) is 0.522. The molecule has 1 aromatic heterocycles. The van der Waals surface area contributed by atoms with Crippen molar-refractivity contribution in [3.05, 3.63) is 41.8 Å². The standard InChI is InChI=1S/C23H30N4O3S2/c28-23(21-6-2-10-27(21)32(29,30)22-7-3-15-31-22)24-19-4-1-5-20(16-19)26-13-11-25(12-14-26)17-18-8-9-18/h1,3-5,7,15-16,18,21H,2,6,8-14,17H2,(H,24,28). The Morgan fingerprint density at radius 2 is 1.84 bits per heavy atom. The van der Waals surface area contributed by atoms with E-state index in [1.807, 2.05) is 18.2 Å². The van der Waals surface area contributed by atoms with Crippen LogP contribution in [0.4, 0.5) is 11.4 Å². The first-order valence-electron chi connectivity index (χ1n) is 11.4. The van der Waals surface area contributed by atoms with Crippen molar-refractivity contribution < 1.29 is 13.2 Å². The zero-order valence-corrected chi connectivity index (χ0v) is 19.8. The second-order valence-corrected chi connectivity index (χ2v) is 12.0. The van der Waals surface area contributed by atoms with Crippen LogP contribution in [0.5, 0.6) is 0 Å². The summed E-state index contributed by atoms with van der Waals surface area (Å²) in [5.41, 5.74) is 1.82. The normalized spacial score (nSPS) is 22.9. The number of hydrogen-bond donors (Lipinski definition) is 1. The van der Waals surface area contributed by atoms with Crippen LogP contribution in [0.25, 0.3) is 0 Å². The van der Waals surface area contributed by atoms with Gasteiger partial charge in [-0.05, 0) is 61.2 Å². The first kappa shape index (κ1) is 21.9. The summed E-state index contributed by atoms with van der Waals surface area (Å²) in [4.78, 5) is 18.0. The van der Waals surface area contributed by atoms with E-state index in [4.69, 9.17) is 0 Å². The fourth-order valence-corrected chi connectivity index (χ4v) is 7.45. The zero-order chi connectivity index (χ0) is 22.1. The second kappa shape index (κ2) is 9.13. The first-order chi connectivity index (χ1) is 15.5. The lowest BCUT2D eigenvalue weighted by atomic mass is 10.2. The molecule has 2 aromatic rings. The van der Waals surface area contributed by atoms with Gasteiger partial charge in [-0.1, -0.05) is 12.1 Å². The van der Waals surface area contributed by atoms with Crippen LogP contribution in [0.15, 0.2) is 46.0 Å². The van der Waals surface area contributed by atoms with E-state index in [-0.39, 0.29) is 5.91 Å². The number of sulfonamides is 1. The summed E-state index contributed by atoms with van der Waals surface area (Å²) in [6.07, 6.45) is 4.00. The van der Waals surface area contributed by atoms with Gasteiger partial charge in [0.15, 0.2) is 0 Å². The monoisotopic (exact) mass is 474 g/mol. The van der Waals surface area contributed by atoms with Crippen molar-refractivity contribution in [1.82, 2.24) is 9.21 Å². The van der Waals surface area contributed by atoms with Crippen molar-refractivity contribution in [2.24, 2.45) is 5.92 Å². The van der Waals surface area contributed by atoms with Crippen LogP contribution in [0.2, 0.25) is 0 Å². The number of benzene rings is 1. The SMILES string of the molecule is O=C(Nc1cccc(N2CCN(CC3CC3)CC2)c1)C1CCCN1S(=O)(=O)c1cccs1. The van der Waals surface area contributed by atoms with Gasteiger partial charge in [0.25, 0.3) is 10.0 Å². The second-order valence-electron chi connectivity index (χ2n) is 8.98. The lowest BCUT2D eigenvalue weighted by molar-refractivity contribution is -0.119. The molecule has 5 rings (SSSR count). The van der Waals surface area contributed by atoms with Crippen LogP contribution in [0.3, 0.4) is 0 Å². The van der Waals surface area contributed by atoms with Gasteiger partial charge in [-0.3, -0.25) is 9.69 Å². The van der Waals surface area contributed by atoms with Crippen molar-refractivity contribution in [2.75, 3.05) is 49.5 Å². The number of thiophene rings is 1. The summed E-state index contributed by atoms with van der Waals surface area (Å²) < 4.78 is 27.6. The molecule has 2 aliphatic heterocycles. The molecule has 0 bridgehead atoms. The summed E-state index contributed by atoms with van der Waals surface area (Å²) in [6.45, 7) is 5.73. The Kier molecular flexibility index (Phi) is 6.24. The topological polar surface area (TPSA) is 73.0 Å². The molecule has 1 N–H and O–H groups in total. The molecule has 2 saturated heterocycles. The Morgan fingerprint density at radius 1 is 1.03 bits per heavy atom. The largest absolute Gasteiger partial charge is 0.369 e. The van der Waals surface area contributed by atoms with Crippen molar-refractivity contribution in [3.8, 4) is 0 Å². The molecule has 1 aliphatic carbocycles. The van der Waals surface area contributed by atoms with Gasteiger partial charge in [0.05, 0.1) is 0 Å². The van der Waals surface area contributed by atoms with Crippen LogP contribution in [-0.2, 0) is 14.8 Å². The number of piperazine rings is 1. The number of anilines is 2. The van der Waals surface area contributed by atoms with Gasteiger partial charge in [0.2, 0.25) is 5.91 Å². The number of nitrogens with zero attached hydrogens (tertiary/aromatic N) is 3. The molecule has 3 aliphatic rings. The third kappa shape index (κ3) is 4.71. The van der Waals surface area contributed by atoms with Crippen molar-refractivity contribution >= 4 is 38.6 Å². The molecule has 0 radical (unpaired) electrons. The van der Waals surface area contributed by atoms with Crippen LogP contribution >= 0.6 is 11.3 Å². The molecule has 1 atom stereocenters. The maximum atomic E-state index is 13.0. The highest BCUT2D eigenvalue weighted by atomic mass is 32.2. The summed E-state index contributed by atoms with van der Waals surface area (Å²) in [6, 6.07) is 10.6. The minimum atomic E-state index is -3.64. The molecule has 1 saturated carbocycles. The average molecular weight is 475 g/mol. The Morgan fingerprint density at radius 3 is 2.56 bits per heavy atom. The van der Waals surface area contributed by atoms with Crippen molar-refractivity contribution in [2.45, 2.75) is 35.9 Å². The first-order valence-corrected chi connectivity index (χ1v) is 13.8. The lowest BCUT2D eigenvalue weighted by Gasteiger charge is -2.36. The Balaban J connectivity index is 1.23. The molecule has 1 unspecified atom stereocenters. The van der Waals surface area contributed by atoms with E-state index in [0.717, 1.165) is 37.8 Å². The molecule has 3 fully saturated rings. The van der Waals surface area contributed by atoms with E-state index in [0.29, 0.717) is 29.3 Å². The van der Waals surface area contributed by atoms with E-state index in [2.05, 4.69) is 21.2 Å². The highest BCUT2D eigenvalue weighted by Crippen LogP contribution is 2.31. The van der Waals surface area contributed by atoms with Crippen LogP contribution in [0, 0.1) is 5.92 Å². The highest BCUT2D eigenvalue weighted by molar-refractivity contribution is 7.91. The Hall–Kier alpha value is -1.94.